The number of carbonyl (C=O) groups excluding carboxylic acids is 1. The second kappa shape index (κ2) is 6.12. The van der Waals surface area contributed by atoms with Crippen molar-refractivity contribution in [3.05, 3.63) is 48.3 Å². The highest BCUT2D eigenvalue weighted by Crippen LogP contribution is 2.30. The lowest BCUT2D eigenvalue weighted by molar-refractivity contribution is -0.114. The van der Waals surface area contributed by atoms with E-state index in [0.717, 1.165) is 0 Å². The van der Waals surface area contributed by atoms with Gasteiger partial charge in [-0.25, -0.2) is 4.98 Å². The van der Waals surface area contributed by atoms with Crippen molar-refractivity contribution in [1.29, 1.82) is 0 Å². The number of nitrogens with two attached hydrogens (primary N) is 1. The number of benzene rings is 1. The molecule has 1 amide bonds. The van der Waals surface area contributed by atoms with Crippen molar-refractivity contribution >= 4 is 28.8 Å². The number of para-hydroxylation sites is 2. The molecular weight excluding hydrogens is 274 g/mol. The SMILES string of the molecule is CC(=O)Nc1ccccc1Oc1cccnc1C(N)=S. The molecule has 0 spiro atoms. The summed E-state index contributed by atoms with van der Waals surface area (Å²) < 4.78 is 5.76. The highest BCUT2D eigenvalue weighted by atomic mass is 32.1. The van der Waals surface area contributed by atoms with E-state index < -0.39 is 0 Å². The van der Waals surface area contributed by atoms with Crippen LogP contribution in [0.15, 0.2) is 42.6 Å². The first-order valence-corrected chi connectivity index (χ1v) is 6.28. The molecule has 0 bridgehead atoms. The van der Waals surface area contributed by atoms with Gasteiger partial charge in [-0.15, -0.1) is 0 Å². The van der Waals surface area contributed by atoms with Gasteiger partial charge in [-0.05, 0) is 24.3 Å². The van der Waals surface area contributed by atoms with E-state index in [0.29, 0.717) is 22.9 Å². The standard InChI is InChI=1S/C14H13N3O2S/c1-9(18)17-10-5-2-3-6-11(10)19-12-7-4-8-16-13(12)14(15)20/h2-8H,1H3,(H2,15,20)(H,17,18). The third kappa shape index (κ3) is 3.30. The van der Waals surface area contributed by atoms with Crippen LogP contribution in [0.25, 0.3) is 0 Å². The quantitative estimate of drug-likeness (QED) is 0.845. The normalized spacial score (nSPS) is 9.85. The summed E-state index contributed by atoms with van der Waals surface area (Å²) in [4.78, 5) is 15.4. The lowest BCUT2D eigenvalue weighted by Gasteiger charge is -2.13. The molecule has 0 aliphatic rings. The van der Waals surface area contributed by atoms with Gasteiger partial charge in [-0.2, -0.15) is 0 Å². The van der Waals surface area contributed by atoms with Crippen molar-refractivity contribution < 1.29 is 9.53 Å². The molecular formula is C14H13N3O2S. The molecule has 102 valence electrons. The van der Waals surface area contributed by atoms with E-state index in [1.54, 1.807) is 42.6 Å². The van der Waals surface area contributed by atoms with E-state index in [1.165, 1.54) is 6.92 Å². The van der Waals surface area contributed by atoms with Crippen molar-refractivity contribution in [2.75, 3.05) is 5.32 Å². The van der Waals surface area contributed by atoms with Gasteiger partial charge in [0.15, 0.2) is 11.5 Å². The molecule has 2 aromatic rings. The molecule has 0 saturated carbocycles. The van der Waals surface area contributed by atoms with Gasteiger partial charge in [0.25, 0.3) is 0 Å². The lowest BCUT2D eigenvalue weighted by Crippen LogP contribution is -2.13. The molecule has 3 N–H and O–H groups in total. The fourth-order valence-corrected chi connectivity index (χ4v) is 1.78. The van der Waals surface area contributed by atoms with Crippen LogP contribution in [0, 0.1) is 0 Å². The molecule has 1 aromatic heterocycles. The van der Waals surface area contributed by atoms with E-state index in [9.17, 15) is 4.79 Å². The molecule has 2 rings (SSSR count). The highest BCUT2D eigenvalue weighted by Gasteiger charge is 2.11. The summed E-state index contributed by atoms with van der Waals surface area (Å²) in [6.07, 6.45) is 1.58. The number of rotatable bonds is 4. The zero-order valence-corrected chi connectivity index (χ0v) is 11.6. The predicted molar refractivity (Wildman–Crippen MR) is 80.9 cm³/mol. The zero-order valence-electron chi connectivity index (χ0n) is 10.8. The first-order valence-electron chi connectivity index (χ1n) is 5.87. The van der Waals surface area contributed by atoms with Gasteiger partial charge in [-0.1, -0.05) is 24.4 Å². The lowest BCUT2D eigenvalue weighted by atomic mass is 10.2. The molecule has 1 aromatic carbocycles. The van der Waals surface area contributed by atoms with Gasteiger partial charge < -0.3 is 15.8 Å². The zero-order chi connectivity index (χ0) is 14.5. The molecule has 0 fully saturated rings. The van der Waals surface area contributed by atoms with Crippen LogP contribution in [0.2, 0.25) is 0 Å². The number of hydrogen-bond donors (Lipinski definition) is 2. The Morgan fingerprint density at radius 1 is 1.25 bits per heavy atom. The maximum atomic E-state index is 11.2. The van der Waals surface area contributed by atoms with Gasteiger partial charge >= 0.3 is 0 Å². The molecule has 0 atom stereocenters. The van der Waals surface area contributed by atoms with Gasteiger partial charge in [0.05, 0.1) is 5.69 Å². The van der Waals surface area contributed by atoms with E-state index in [1.807, 2.05) is 0 Å². The van der Waals surface area contributed by atoms with Crippen molar-refractivity contribution in [1.82, 2.24) is 4.98 Å². The van der Waals surface area contributed by atoms with Gasteiger partial charge in [0, 0.05) is 13.1 Å². The van der Waals surface area contributed by atoms with Crippen LogP contribution in [0.3, 0.4) is 0 Å². The Balaban J connectivity index is 2.35. The molecule has 0 unspecified atom stereocenters. The number of nitrogens with zero attached hydrogens (tertiary/aromatic N) is 1. The molecule has 0 radical (unpaired) electrons. The third-order valence-electron chi connectivity index (χ3n) is 2.42. The minimum absolute atomic E-state index is 0.151. The molecule has 5 nitrogen and oxygen atoms in total. The first-order chi connectivity index (χ1) is 9.58. The summed E-state index contributed by atoms with van der Waals surface area (Å²) in [6, 6.07) is 10.5. The Morgan fingerprint density at radius 3 is 2.65 bits per heavy atom. The van der Waals surface area contributed by atoms with Crippen LogP contribution < -0.4 is 15.8 Å². The molecule has 1 heterocycles. The van der Waals surface area contributed by atoms with Crippen LogP contribution in [0.5, 0.6) is 11.5 Å². The van der Waals surface area contributed by atoms with Crippen LogP contribution in [0.4, 0.5) is 5.69 Å². The summed E-state index contributed by atoms with van der Waals surface area (Å²) in [5.41, 5.74) is 6.58. The second-order valence-corrected chi connectivity index (χ2v) is 4.43. The molecule has 0 aliphatic carbocycles. The molecule has 0 aliphatic heterocycles. The maximum absolute atomic E-state index is 11.2. The van der Waals surface area contributed by atoms with Crippen molar-refractivity contribution in [2.45, 2.75) is 6.92 Å². The Bertz CT molecular complexity index is 658. The van der Waals surface area contributed by atoms with E-state index in [-0.39, 0.29) is 10.9 Å². The number of aromatic nitrogens is 1. The predicted octanol–water partition coefficient (Wildman–Crippen LogP) is 2.47. The fourth-order valence-electron chi connectivity index (χ4n) is 1.62. The maximum Gasteiger partial charge on any atom is 0.221 e. The summed E-state index contributed by atoms with van der Waals surface area (Å²) in [5, 5.41) is 2.69. The number of hydrogen-bond acceptors (Lipinski definition) is 4. The monoisotopic (exact) mass is 287 g/mol. The smallest absolute Gasteiger partial charge is 0.221 e. The van der Waals surface area contributed by atoms with Crippen LogP contribution >= 0.6 is 12.2 Å². The number of anilines is 1. The summed E-state index contributed by atoms with van der Waals surface area (Å²) >= 11 is 4.93. The van der Waals surface area contributed by atoms with E-state index in [2.05, 4.69) is 10.3 Å². The van der Waals surface area contributed by atoms with Gasteiger partial charge in [0.1, 0.15) is 10.7 Å². The summed E-state index contributed by atoms with van der Waals surface area (Å²) in [5.74, 6) is 0.757. The second-order valence-electron chi connectivity index (χ2n) is 3.99. The number of carbonyl (C=O) groups is 1. The first kappa shape index (κ1) is 14.0. The molecule has 6 heteroatoms. The number of amides is 1. The Kier molecular flexibility index (Phi) is 4.27. The topological polar surface area (TPSA) is 77.2 Å². The van der Waals surface area contributed by atoms with Gasteiger partial charge in [0.2, 0.25) is 5.91 Å². The summed E-state index contributed by atoms with van der Waals surface area (Å²) in [7, 11) is 0. The third-order valence-corrected chi connectivity index (χ3v) is 2.62. The number of thiocarbonyl (C=S) groups is 1. The van der Waals surface area contributed by atoms with Crippen LogP contribution in [-0.2, 0) is 4.79 Å². The Morgan fingerprint density at radius 2 is 1.95 bits per heavy atom. The Hall–Kier alpha value is -2.47. The minimum atomic E-state index is -0.179. The van der Waals surface area contributed by atoms with E-state index in [4.69, 9.17) is 22.7 Å². The highest BCUT2D eigenvalue weighted by molar-refractivity contribution is 7.80. The van der Waals surface area contributed by atoms with Crippen molar-refractivity contribution in [3.8, 4) is 11.5 Å². The van der Waals surface area contributed by atoms with Crippen molar-refractivity contribution in [3.63, 3.8) is 0 Å². The number of ether oxygens (including phenoxy) is 1. The fraction of sp³-hybridized carbons (Fsp3) is 0.0714. The minimum Gasteiger partial charge on any atom is -0.453 e. The number of pyridine rings is 1. The largest absolute Gasteiger partial charge is 0.453 e. The number of nitrogens with one attached hydrogen (secondary N) is 1. The van der Waals surface area contributed by atoms with Crippen LogP contribution in [-0.4, -0.2) is 15.9 Å². The van der Waals surface area contributed by atoms with Crippen molar-refractivity contribution in [2.24, 2.45) is 5.73 Å². The molecule has 20 heavy (non-hydrogen) atoms. The average Bonchev–Trinajstić information content (AvgIpc) is 2.41. The Labute approximate surface area is 121 Å². The summed E-state index contributed by atoms with van der Waals surface area (Å²) in [6.45, 7) is 1.43. The molecule has 0 saturated heterocycles. The average molecular weight is 287 g/mol. The van der Waals surface area contributed by atoms with Gasteiger partial charge in [-0.3, -0.25) is 4.79 Å². The van der Waals surface area contributed by atoms with Crippen LogP contribution in [0.1, 0.15) is 12.6 Å². The van der Waals surface area contributed by atoms with E-state index >= 15 is 0 Å².